The number of hydrogen-bond acceptors (Lipinski definition) is 4. The summed E-state index contributed by atoms with van der Waals surface area (Å²) in [5.74, 6) is -0.160. The summed E-state index contributed by atoms with van der Waals surface area (Å²) in [6, 6.07) is -0.348. The van der Waals surface area contributed by atoms with Crippen LogP contribution in [0.1, 0.15) is 58.8 Å². The summed E-state index contributed by atoms with van der Waals surface area (Å²) in [6.45, 7) is 5.84. The van der Waals surface area contributed by atoms with Crippen molar-refractivity contribution in [3.8, 4) is 0 Å². The van der Waals surface area contributed by atoms with Gasteiger partial charge in [0, 0.05) is 23.7 Å². The van der Waals surface area contributed by atoms with Gasteiger partial charge in [0.2, 0.25) is 0 Å². The van der Waals surface area contributed by atoms with Gasteiger partial charge < -0.3 is 10.3 Å². The Labute approximate surface area is 136 Å². The highest BCUT2D eigenvalue weighted by Gasteiger charge is 2.36. The number of amides is 1. The lowest BCUT2D eigenvalue weighted by atomic mass is 9.75. The van der Waals surface area contributed by atoms with Gasteiger partial charge in [-0.15, -0.1) is 0 Å². The van der Waals surface area contributed by atoms with Crippen molar-refractivity contribution in [2.24, 2.45) is 5.41 Å². The van der Waals surface area contributed by atoms with Gasteiger partial charge in [0.25, 0.3) is 5.91 Å². The lowest BCUT2D eigenvalue weighted by Crippen LogP contribution is -2.36. The van der Waals surface area contributed by atoms with E-state index in [0.717, 1.165) is 12.1 Å². The van der Waals surface area contributed by atoms with Crippen LogP contribution in [0.15, 0.2) is 0 Å². The maximum Gasteiger partial charge on any atom is 0.268 e. The number of nitrogens with one attached hydrogen (secondary N) is 2. The summed E-state index contributed by atoms with van der Waals surface area (Å²) in [4.78, 5) is 27.9. The molecule has 1 aromatic rings. The lowest BCUT2D eigenvalue weighted by Gasteiger charge is -2.28. The molecule has 0 bridgehead atoms. The largest absolute Gasteiger partial charge is 0.354 e. The summed E-state index contributed by atoms with van der Waals surface area (Å²) >= 11 is 0. The zero-order chi connectivity index (χ0) is 17.0. The fourth-order valence-electron chi connectivity index (χ4n) is 3.63. The first-order valence-electron chi connectivity index (χ1n) is 7.84. The number of sulfone groups is 1. The molecule has 0 spiro atoms. The summed E-state index contributed by atoms with van der Waals surface area (Å²) < 4.78 is 23.0. The number of aromatic nitrogens is 1. The number of Topliss-reactive ketones (excluding diaryl/α,β-unsaturated/α-hetero) is 1. The van der Waals surface area contributed by atoms with Gasteiger partial charge >= 0.3 is 0 Å². The predicted octanol–water partition coefficient (Wildman–Crippen LogP) is 1.40. The van der Waals surface area contributed by atoms with Crippen LogP contribution in [-0.2, 0) is 16.3 Å². The van der Waals surface area contributed by atoms with Crippen LogP contribution >= 0.6 is 0 Å². The number of fused-ring (bicyclic) bond motifs is 1. The van der Waals surface area contributed by atoms with Crippen molar-refractivity contribution in [3.63, 3.8) is 0 Å². The Balaban J connectivity index is 1.84. The fourth-order valence-corrected chi connectivity index (χ4v) is 5.30. The van der Waals surface area contributed by atoms with E-state index in [4.69, 9.17) is 0 Å². The number of carbonyl (C=O) groups is 2. The normalized spacial score (nSPS) is 25.2. The molecular weight excluding hydrogens is 316 g/mol. The standard InChI is InChI=1S/C16H22N2O4S/c1-9-13-11(6-16(2,3)7-12(13)19)18-14(9)15(20)17-10-4-5-23(21,22)8-10/h10,18H,4-8H2,1-3H3,(H,17,20). The average molecular weight is 338 g/mol. The van der Waals surface area contributed by atoms with E-state index >= 15 is 0 Å². The van der Waals surface area contributed by atoms with Crippen LogP contribution in [-0.4, -0.2) is 42.6 Å². The average Bonchev–Trinajstić information content (AvgIpc) is 2.88. The van der Waals surface area contributed by atoms with E-state index in [2.05, 4.69) is 10.3 Å². The minimum absolute atomic E-state index is 0.00975. The molecule has 1 saturated heterocycles. The molecule has 2 heterocycles. The smallest absolute Gasteiger partial charge is 0.268 e. The highest BCUT2D eigenvalue weighted by molar-refractivity contribution is 7.91. The molecule has 126 valence electrons. The maximum absolute atomic E-state index is 12.5. The molecule has 2 N–H and O–H groups in total. The van der Waals surface area contributed by atoms with Crippen LogP contribution < -0.4 is 5.32 Å². The summed E-state index contributed by atoms with van der Waals surface area (Å²) in [6.07, 6.45) is 1.64. The number of rotatable bonds is 2. The van der Waals surface area contributed by atoms with Crippen molar-refractivity contribution in [1.82, 2.24) is 10.3 Å². The number of carbonyl (C=O) groups excluding carboxylic acids is 2. The van der Waals surface area contributed by atoms with Crippen molar-refractivity contribution in [1.29, 1.82) is 0 Å². The van der Waals surface area contributed by atoms with E-state index in [1.54, 1.807) is 6.92 Å². The first-order chi connectivity index (χ1) is 10.6. The molecule has 1 fully saturated rings. The van der Waals surface area contributed by atoms with Gasteiger partial charge in [-0.25, -0.2) is 8.42 Å². The second kappa shape index (κ2) is 5.19. The Kier molecular flexibility index (Phi) is 3.66. The van der Waals surface area contributed by atoms with Crippen LogP contribution in [0, 0.1) is 12.3 Å². The molecule has 1 unspecified atom stereocenters. The van der Waals surface area contributed by atoms with E-state index in [9.17, 15) is 18.0 Å². The molecule has 0 aromatic carbocycles. The van der Waals surface area contributed by atoms with Crippen molar-refractivity contribution in [2.45, 2.75) is 46.1 Å². The van der Waals surface area contributed by atoms with Crippen LogP contribution in [0.25, 0.3) is 0 Å². The predicted molar refractivity (Wildman–Crippen MR) is 86.5 cm³/mol. The molecule has 7 heteroatoms. The van der Waals surface area contributed by atoms with E-state index in [1.807, 2.05) is 13.8 Å². The second-order valence-electron chi connectivity index (χ2n) is 7.49. The summed E-state index contributed by atoms with van der Waals surface area (Å²) in [5.41, 5.74) is 2.37. The Bertz CT molecular complexity index is 789. The molecule has 0 radical (unpaired) electrons. The topological polar surface area (TPSA) is 96.1 Å². The van der Waals surface area contributed by atoms with Crippen LogP contribution in [0.3, 0.4) is 0 Å². The monoisotopic (exact) mass is 338 g/mol. The van der Waals surface area contributed by atoms with Crippen molar-refractivity contribution in [2.75, 3.05) is 11.5 Å². The zero-order valence-corrected chi connectivity index (χ0v) is 14.5. The molecule has 6 nitrogen and oxygen atoms in total. The van der Waals surface area contributed by atoms with Gasteiger partial charge in [-0.05, 0) is 30.7 Å². The van der Waals surface area contributed by atoms with Crippen LogP contribution in [0.4, 0.5) is 0 Å². The third-order valence-electron chi connectivity index (χ3n) is 4.70. The Morgan fingerprint density at radius 3 is 2.61 bits per heavy atom. The van der Waals surface area contributed by atoms with Gasteiger partial charge in [0.15, 0.2) is 15.6 Å². The van der Waals surface area contributed by atoms with Crippen molar-refractivity contribution in [3.05, 3.63) is 22.5 Å². The van der Waals surface area contributed by atoms with E-state index in [1.165, 1.54) is 0 Å². The Morgan fingerprint density at radius 2 is 2.00 bits per heavy atom. The fraction of sp³-hybridized carbons (Fsp3) is 0.625. The molecule has 0 saturated carbocycles. The van der Waals surface area contributed by atoms with Gasteiger partial charge in [-0.1, -0.05) is 13.8 Å². The van der Waals surface area contributed by atoms with Crippen LogP contribution in [0.5, 0.6) is 0 Å². The van der Waals surface area contributed by atoms with Crippen molar-refractivity contribution >= 4 is 21.5 Å². The minimum Gasteiger partial charge on any atom is -0.354 e. The van der Waals surface area contributed by atoms with Gasteiger partial charge in [0.1, 0.15) is 5.69 Å². The SMILES string of the molecule is Cc1c(C(=O)NC2CCS(=O)(=O)C2)[nH]c2c1C(=O)CC(C)(C)C2. The number of ketones is 1. The van der Waals surface area contributed by atoms with Crippen LogP contribution in [0.2, 0.25) is 0 Å². The first kappa shape index (κ1) is 16.2. The molecule has 1 amide bonds. The third kappa shape index (κ3) is 3.06. The number of aromatic amines is 1. The summed E-state index contributed by atoms with van der Waals surface area (Å²) in [7, 11) is -3.04. The molecule has 2 aliphatic rings. The molecule has 3 rings (SSSR count). The summed E-state index contributed by atoms with van der Waals surface area (Å²) in [5, 5.41) is 2.78. The molecule has 1 atom stereocenters. The van der Waals surface area contributed by atoms with E-state index in [0.29, 0.717) is 29.7 Å². The second-order valence-corrected chi connectivity index (χ2v) is 9.72. The third-order valence-corrected chi connectivity index (χ3v) is 6.46. The minimum atomic E-state index is -3.04. The Hall–Kier alpha value is -1.63. The first-order valence-corrected chi connectivity index (χ1v) is 9.66. The van der Waals surface area contributed by atoms with E-state index in [-0.39, 0.29) is 34.7 Å². The van der Waals surface area contributed by atoms with Crippen molar-refractivity contribution < 1.29 is 18.0 Å². The zero-order valence-electron chi connectivity index (χ0n) is 13.7. The Morgan fingerprint density at radius 1 is 1.30 bits per heavy atom. The highest BCUT2D eigenvalue weighted by atomic mass is 32.2. The number of hydrogen-bond donors (Lipinski definition) is 2. The van der Waals surface area contributed by atoms with Gasteiger partial charge in [-0.3, -0.25) is 9.59 Å². The molecule has 1 aliphatic heterocycles. The molecule has 1 aromatic heterocycles. The molecule has 1 aliphatic carbocycles. The maximum atomic E-state index is 12.5. The lowest BCUT2D eigenvalue weighted by molar-refractivity contribution is 0.0909. The molecule has 23 heavy (non-hydrogen) atoms. The highest BCUT2D eigenvalue weighted by Crippen LogP contribution is 2.36. The number of H-pyrrole nitrogens is 1. The van der Waals surface area contributed by atoms with Gasteiger partial charge in [0.05, 0.1) is 11.5 Å². The van der Waals surface area contributed by atoms with E-state index < -0.39 is 9.84 Å². The quantitative estimate of drug-likeness (QED) is 0.852. The van der Waals surface area contributed by atoms with Gasteiger partial charge in [-0.2, -0.15) is 0 Å². The molecular formula is C16H22N2O4S.